The van der Waals surface area contributed by atoms with Crippen molar-refractivity contribution in [3.63, 3.8) is 0 Å². The van der Waals surface area contributed by atoms with Crippen LogP contribution in [0.1, 0.15) is 81.6 Å². The van der Waals surface area contributed by atoms with E-state index >= 15 is 0 Å². The lowest BCUT2D eigenvalue weighted by atomic mass is 10.1. The van der Waals surface area contributed by atoms with Crippen LogP contribution in [0.15, 0.2) is 0 Å². The molecule has 0 saturated carbocycles. The Kier molecular flexibility index (Phi) is 22.1. The van der Waals surface area contributed by atoms with Crippen LogP contribution in [-0.4, -0.2) is 42.5 Å². The second-order valence-corrected chi connectivity index (χ2v) is 6.56. The fourth-order valence-corrected chi connectivity index (χ4v) is 1.49. The predicted molar refractivity (Wildman–Crippen MR) is 107 cm³/mol. The van der Waals surface area contributed by atoms with Crippen molar-refractivity contribution in [3.05, 3.63) is 0 Å². The van der Waals surface area contributed by atoms with Gasteiger partial charge in [-0.15, -0.1) is 0 Å². The Balaban J connectivity index is -0.000000588. The highest BCUT2D eigenvalue weighted by Crippen LogP contribution is 2.02. The molecule has 152 valence electrons. The molecule has 5 nitrogen and oxygen atoms in total. The summed E-state index contributed by atoms with van der Waals surface area (Å²) in [6.07, 6.45) is 3.09. The van der Waals surface area contributed by atoms with Crippen LogP contribution in [-0.2, 0) is 14.3 Å². The molecule has 0 aliphatic rings. The van der Waals surface area contributed by atoms with Gasteiger partial charge >= 0.3 is 5.97 Å². The lowest BCUT2D eigenvalue weighted by molar-refractivity contribution is -0.153. The third kappa shape index (κ3) is 17.5. The first-order valence-corrected chi connectivity index (χ1v) is 9.90. The molecule has 1 amide bonds. The molecule has 5 heteroatoms. The zero-order chi connectivity index (χ0) is 20.4. The summed E-state index contributed by atoms with van der Waals surface area (Å²) in [6.45, 7) is 19.5. The van der Waals surface area contributed by atoms with Crippen molar-refractivity contribution < 1.29 is 14.3 Å². The fourth-order valence-electron chi connectivity index (χ4n) is 1.49. The Morgan fingerprint density at radius 1 is 0.960 bits per heavy atom. The number of esters is 1. The predicted octanol–water partition coefficient (Wildman–Crippen LogP) is 4.24. The molecule has 0 radical (unpaired) electrons. The van der Waals surface area contributed by atoms with Crippen LogP contribution >= 0.6 is 0 Å². The highest BCUT2D eigenvalue weighted by atomic mass is 16.5. The van der Waals surface area contributed by atoms with Crippen molar-refractivity contribution in [3.8, 4) is 0 Å². The number of hydrogen-bond acceptors (Lipinski definition) is 4. The maximum atomic E-state index is 11.8. The standard InChI is InChI=1S/C13H26N2O3.C5H12.C2H6/c1-5-7-15(8-6-2)11(16)9-18-13(17)12(14)10(3)4;1-4-5(2)3;1-2/h10,12H,5-9,14H2,1-4H3;5H,4H2,1-3H3;1-2H3. The van der Waals surface area contributed by atoms with Crippen LogP contribution in [0.2, 0.25) is 0 Å². The molecule has 0 aromatic rings. The van der Waals surface area contributed by atoms with E-state index < -0.39 is 12.0 Å². The number of carbonyl (C=O) groups is 2. The van der Waals surface area contributed by atoms with Gasteiger partial charge < -0.3 is 15.4 Å². The molecule has 0 heterocycles. The quantitative estimate of drug-likeness (QED) is 0.624. The highest BCUT2D eigenvalue weighted by Gasteiger charge is 2.21. The van der Waals surface area contributed by atoms with E-state index in [9.17, 15) is 9.59 Å². The third-order valence-corrected chi connectivity index (χ3v) is 3.48. The van der Waals surface area contributed by atoms with E-state index in [0.717, 1.165) is 18.8 Å². The second-order valence-electron chi connectivity index (χ2n) is 6.56. The van der Waals surface area contributed by atoms with Crippen molar-refractivity contribution in [1.29, 1.82) is 0 Å². The van der Waals surface area contributed by atoms with Gasteiger partial charge in [0.15, 0.2) is 6.61 Å². The average molecular weight is 361 g/mol. The molecule has 0 aromatic carbocycles. The SMILES string of the molecule is CC.CCC(C)C.CCCN(CCC)C(=O)COC(=O)C(N)C(C)C. The summed E-state index contributed by atoms with van der Waals surface area (Å²) in [5.41, 5.74) is 5.64. The molecule has 0 aliphatic heterocycles. The summed E-state index contributed by atoms with van der Waals surface area (Å²) in [5.74, 6) is 0.235. The van der Waals surface area contributed by atoms with Gasteiger partial charge in [0.25, 0.3) is 5.91 Å². The van der Waals surface area contributed by atoms with Gasteiger partial charge in [-0.2, -0.15) is 0 Å². The minimum atomic E-state index is -0.663. The van der Waals surface area contributed by atoms with Gasteiger partial charge in [-0.25, -0.2) is 0 Å². The summed E-state index contributed by atoms with van der Waals surface area (Å²) in [7, 11) is 0. The van der Waals surface area contributed by atoms with E-state index in [0.29, 0.717) is 13.1 Å². The fraction of sp³-hybridized carbons (Fsp3) is 0.900. The third-order valence-electron chi connectivity index (χ3n) is 3.48. The zero-order valence-corrected chi connectivity index (χ0v) is 18.2. The molecule has 0 aliphatic carbocycles. The normalized spacial score (nSPS) is 11.0. The van der Waals surface area contributed by atoms with Gasteiger partial charge in [-0.05, 0) is 24.7 Å². The lowest BCUT2D eigenvalue weighted by Gasteiger charge is -2.22. The molecule has 0 fully saturated rings. The molecular formula is C20H44N2O3. The number of carbonyl (C=O) groups excluding carboxylic acids is 2. The smallest absolute Gasteiger partial charge is 0.323 e. The summed E-state index contributed by atoms with van der Waals surface area (Å²) < 4.78 is 4.95. The van der Waals surface area contributed by atoms with Gasteiger partial charge in [-0.1, -0.05) is 68.7 Å². The number of nitrogens with zero attached hydrogens (tertiary/aromatic N) is 1. The first kappa shape index (κ1) is 28.7. The van der Waals surface area contributed by atoms with Crippen LogP contribution in [0.5, 0.6) is 0 Å². The molecule has 2 N–H and O–H groups in total. The Morgan fingerprint density at radius 2 is 1.36 bits per heavy atom. The Labute approximate surface area is 156 Å². The Morgan fingerprint density at radius 3 is 1.64 bits per heavy atom. The van der Waals surface area contributed by atoms with E-state index in [2.05, 4.69) is 20.8 Å². The van der Waals surface area contributed by atoms with Crippen molar-refractivity contribution in [2.24, 2.45) is 17.6 Å². The van der Waals surface area contributed by atoms with E-state index in [1.54, 1.807) is 4.90 Å². The molecule has 0 aromatic heterocycles. The van der Waals surface area contributed by atoms with E-state index in [1.807, 2.05) is 41.5 Å². The first-order chi connectivity index (χ1) is 11.7. The van der Waals surface area contributed by atoms with Gasteiger partial charge in [-0.3, -0.25) is 9.59 Å². The molecule has 0 spiro atoms. The number of rotatable bonds is 9. The Bertz CT molecular complexity index is 312. The average Bonchev–Trinajstić information content (AvgIpc) is 2.60. The number of amides is 1. The summed E-state index contributed by atoms with van der Waals surface area (Å²) in [4.78, 5) is 25.1. The second kappa shape index (κ2) is 19.2. The molecular weight excluding hydrogens is 316 g/mol. The van der Waals surface area contributed by atoms with Crippen LogP contribution in [0.25, 0.3) is 0 Å². The minimum Gasteiger partial charge on any atom is -0.454 e. The highest BCUT2D eigenvalue weighted by molar-refractivity contribution is 5.82. The zero-order valence-electron chi connectivity index (χ0n) is 18.2. The molecule has 1 unspecified atom stereocenters. The number of hydrogen-bond donors (Lipinski definition) is 1. The van der Waals surface area contributed by atoms with Crippen molar-refractivity contribution >= 4 is 11.9 Å². The van der Waals surface area contributed by atoms with Crippen LogP contribution in [0, 0.1) is 11.8 Å². The van der Waals surface area contributed by atoms with Gasteiger partial charge in [0.05, 0.1) is 0 Å². The van der Waals surface area contributed by atoms with Crippen molar-refractivity contribution in [1.82, 2.24) is 4.90 Å². The van der Waals surface area contributed by atoms with E-state index in [1.165, 1.54) is 6.42 Å². The van der Waals surface area contributed by atoms with Gasteiger partial charge in [0, 0.05) is 13.1 Å². The van der Waals surface area contributed by atoms with E-state index in [4.69, 9.17) is 10.5 Å². The van der Waals surface area contributed by atoms with Crippen LogP contribution in [0.3, 0.4) is 0 Å². The summed E-state index contributed by atoms with van der Waals surface area (Å²) in [5, 5.41) is 0. The molecule has 0 bridgehead atoms. The molecule has 0 saturated heterocycles. The molecule has 25 heavy (non-hydrogen) atoms. The monoisotopic (exact) mass is 360 g/mol. The van der Waals surface area contributed by atoms with Crippen LogP contribution < -0.4 is 5.73 Å². The molecule has 0 rings (SSSR count). The summed E-state index contributed by atoms with van der Waals surface area (Å²) >= 11 is 0. The first-order valence-electron chi connectivity index (χ1n) is 9.90. The van der Waals surface area contributed by atoms with Gasteiger partial charge in [0.1, 0.15) is 6.04 Å². The summed E-state index contributed by atoms with van der Waals surface area (Å²) in [6, 6.07) is -0.663. The van der Waals surface area contributed by atoms with Crippen molar-refractivity contribution in [2.75, 3.05) is 19.7 Å². The minimum absolute atomic E-state index is 0.00925. The van der Waals surface area contributed by atoms with Crippen LogP contribution in [0.4, 0.5) is 0 Å². The van der Waals surface area contributed by atoms with Crippen molar-refractivity contribution in [2.45, 2.75) is 87.6 Å². The topological polar surface area (TPSA) is 72.6 Å². The Hall–Kier alpha value is -1.10. The largest absolute Gasteiger partial charge is 0.454 e. The maximum absolute atomic E-state index is 11.8. The lowest BCUT2D eigenvalue weighted by Crippen LogP contribution is -2.40. The van der Waals surface area contributed by atoms with Gasteiger partial charge in [0.2, 0.25) is 0 Å². The number of ether oxygens (including phenoxy) is 1. The molecule has 1 atom stereocenters. The maximum Gasteiger partial charge on any atom is 0.323 e. The number of nitrogens with two attached hydrogens (primary N) is 1. The van der Waals surface area contributed by atoms with E-state index in [-0.39, 0.29) is 18.4 Å².